The van der Waals surface area contributed by atoms with Gasteiger partial charge in [0.25, 0.3) is 5.91 Å². The first-order valence-electron chi connectivity index (χ1n) is 6.05. The number of carbonyl (C=O) groups is 1. The fourth-order valence-electron chi connectivity index (χ4n) is 1.83. The third-order valence-corrected chi connectivity index (χ3v) is 2.94. The Morgan fingerprint density at radius 1 is 1.67 bits per heavy atom. The number of hydrogen-bond acceptors (Lipinski definition) is 5. The van der Waals surface area contributed by atoms with Crippen molar-refractivity contribution in [2.45, 2.75) is 25.8 Å². The van der Waals surface area contributed by atoms with E-state index in [0.29, 0.717) is 25.6 Å². The van der Waals surface area contributed by atoms with Gasteiger partial charge in [0.15, 0.2) is 0 Å². The normalized spacial score (nSPS) is 20.4. The molecule has 0 saturated carbocycles. The highest BCUT2D eigenvalue weighted by atomic mass is 16.5. The lowest BCUT2D eigenvalue weighted by molar-refractivity contribution is -0.0189. The summed E-state index contributed by atoms with van der Waals surface area (Å²) in [5.41, 5.74) is 0. The Kier molecular flexibility index (Phi) is 3.93. The first-order chi connectivity index (χ1) is 8.63. The van der Waals surface area contributed by atoms with Crippen molar-refractivity contribution >= 4 is 5.91 Å². The number of aromatic amines is 1. The number of H-pyrrole nitrogens is 1. The predicted molar refractivity (Wildman–Crippen MR) is 63.2 cm³/mol. The van der Waals surface area contributed by atoms with Gasteiger partial charge in [-0.2, -0.15) is 0 Å². The molecular weight excluding hydrogens is 236 g/mol. The maximum absolute atomic E-state index is 12.2. The van der Waals surface area contributed by atoms with Crippen LogP contribution in [0, 0.1) is 0 Å². The molecule has 2 heterocycles. The van der Waals surface area contributed by atoms with Gasteiger partial charge >= 0.3 is 0 Å². The Morgan fingerprint density at radius 3 is 3.06 bits per heavy atom. The second-order valence-corrected chi connectivity index (χ2v) is 4.61. The van der Waals surface area contributed by atoms with E-state index < -0.39 is 0 Å². The summed E-state index contributed by atoms with van der Waals surface area (Å²) >= 11 is 0. The minimum absolute atomic E-state index is 0.118. The summed E-state index contributed by atoms with van der Waals surface area (Å²) in [5, 5.41) is 15.9. The number of aliphatic hydroxyl groups is 1. The Hall–Kier alpha value is -1.47. The van der Waals surface area contributed by atoms with E-state index in [4.69, 9.17) is 4.74 Å². The van der Waals surface area contributed by atoms with Crippen molar-refractivity contribution in [1.82, 2.24) is 20.1 Å². The van der Waals surface area contributed by atoms with Gasteiger partial charge in [-0.15, -0.1) is 5.10 Å². The molecule has 7 heteroatoms. The Morgan fingerprint density at radius 2 is 2.44 bits per heavy atom. The van der Waals surface area contributed by atoms with Gasteiger partial charge in [-0.05, 0) is 0 Å². The highest BCUT2D eigenvalue weighted by molar-refractivity contribution is 5.90. The zero-order valence-corrected chi connectivity index (χ0v) is 10.6. The monoisotopic (exact) mass is 254 g/mol. The molecule has 0 spiro atoms. The Labute approximate surface area is 105 Å². The highest BCUT2D eigenvalue weighted by Crippen LogP contribution is 2.12. The van der Waals surface area contributed by atoms with Crippen molar-refractivity contribution in [2.24, 2.45) is 0 Å². The molecular formula is C11H18N4O3. The van der Waals surface area contributed by atoms with E-state index in [2.05, 4.69) is 15.2 Å². The topological polar surface area (TPSA) is 91.3 Å². The van der Waals surface area contributed by atoms with Crippen molar-refractivity contribution in [1.29, 1.82) is 0 Å². The molecule has 0 aromatic carbocycles. The fraction of sp³-hybridized carbons (Fsp3) is 0.727. The molecule has 1 aliphatic rings. The largest absolute Gasteiger partial charge is 0.394 e. The molecule has 0 radical (unpaired) electrons. The highest BCUT2D eigenvalue weighted by Gasteiger charge is 2.29. The van der Waals surface area contributed by atoms with Gasteiger partial charge in [-0.25, -0.2) is 4.98 Å². The summed E-state index contributed by atoms with van der Waals surface area (Å²) in [6.45, 7) is 5.11. The van der Waals surface area contributed by atoms with Crippen LogP contribution in [-0.4, -0.2) is 63.5 Å². The molecule has 7 nitrogen and oxygen atoms in total. The number of hydrogen-bond donors (Lipinski definition) is 2. The number of aromatic nitrogens is 3. The SMILES string of the molecule is CC(C)c1nc(C(=O)N2CCOCC2CO)n[nH]1. The van der Waals surface area contributed by atoms with Crippen LogP contribution in [0.2, 0.25) is 0 Å². The zero-order valence-electron chi connectivity index (χ0n) is 10.6. The van der Waals surface area contributed by atoms with Crippen LogP contribution >= 0.6 is 0 Å². The van der Waals surface area contributed by atoms with Gasteiger partial charge in [0.05, 0.1) is 25.9 Å². The summed E-state index contributed by atoms with van der Waals surface area (Å²) in [4.78, 5) is 18.0. The minimum atomic E-state index is -0.313. The van der Waals surface area contributed by atoms with E-state index in [0.717, 1.165) is 0 Å². The predicted octanol–water partition coefficient (Wildman–Crippen LogP) is -0.239. The van der Waals surface area contributed by atoms with Gasteiger partial charge in [0.1, 0.15) is 5.82 Å². The standard InChI is InChI=1S/C11H18N4O3/c1-7(2)9-12-10(14-13-9)11(17)15-3-4-18-6-8(15)5-16/h7-8,16H,3-6H2,1-2H3,(H,12,13,14). The van der Waals surface area contributed by atoms with Crippen LogP contribution in [0.25, 0.3) is 0 Å². The van der Waals surface area contributed by atoms with Crippen molar-refractivity contribution in [2.75, 3.05) is 26.4 Å². The first kappa shape index (κ1) is 13.0. The number of aliphatic hydroxyl groups excluding tert-OH is 1. The molecule has 1 aromatic rings. The molecule has 1 fully saturated rings. The van der Waals surface area contributed by atoms with E-state index in [1.165, 1.54) is 0 Å². The van der Waals surface area contributed by atoms with E-state index in [-0.39, 0.29) is 30.3 Å². The average Bonchev–Trinajstić information content (AvgIpc) is 2.87. The molecule has 1 atom stereocenters. The van der Waals surface area contributed by atoms with Crippen LogP contribution in [0.1, 0.15) is 36.2 Å². The quantitative estimate of drug-likeness (QED) is 0.777. The molecule has 1 aliphatic heterocycles. The van der Waals surface area contributed by atoms with Gasteiger partial charge in [-0.1, -0.05) is 13.8 Å². The van der Waals surface area contributed by atoms with E-state index in [9.17, 15) is 9.90 Å². The van der Waals surface area contributed by atoms with Crippen molar-refractivity contribution in [3.8, 4) is 0 Å². The molecule has 1 saturated heterocycles. The number of morpholine rings is 1. The number of nitrogens with one attached hydrogen (secondary N) is 1. The van der Waals surface area contributed by atoms with Crippen molar-refractivity contribution < 1.29 is 14.6 Å². The smallest absolute Gasteiger partial charge is 0.294 e. The van der Waals surface area contributed by atoms with Gasteiger partial charge in [0, 0.05) is 12.5 Å². The van der Waals surface area contributed by atoms with E-state index in [1.54, 1.807) is 4.90 Å². The van der Waals surface area contributed by atoms with E-state index in [1.807, 2.05) is 13.8 Å². The van der Waals surface area contributed by atoms with E-state index >= 15 is 0 Å². The molecule has 100 valence electrons. The maximum atomic E-state index is 12.2. The van der Waals surface area contributed by atoms with Crippen LogP contribution in [0.5, 0.6) is 0 Å². The summed E-state index contributed by atoms with van der Waals surface area (Å²) in [5.74, 6) is 0.768. The molecule has 2 rings (SSSR count). The molecule has 18 heavy (non-hydrogen) atoms. The van der Waals surface area contributed by atoms with Crippen molar-refractivity contribution in [3.63, 3.8) is 0 Å². The molecule has 0 bridgehead atoms. The Bertz CT molecular complexity index is 418. The molecule has 1 aromatic heterocycles. The third-order valence-electron chi connectivity index (χ3n) is 2.94. The second kappa shape index (κ2) is 5.45. The number of carbonyl (C=O) groups excluding carboxylic acids is 1. The summed E-state index contributed by atoms with van der Waals surface area (Å²) in [6, 6.07) is -0.313. The molecule has 1 amide bonds. The maximum Gasteiger partial charge on any atom is 0.294 e. The number of amides is 1. The second-order valence-electron chi connectivity index (χ2n) is 4.61. The third kappa shape index (κ3) is 2.51. The van der Waals surface area contributed by atoms with Crippen molar-refractivity contribution in [3.05, 3.63) is 11.6 Å². The lowest BCUT2D eigenvalue weighted by atomic mass is 10.2. The lowest BCUT2D eigenvalue weighted by Crippen LogP contribution is -2.50. The van der Waals surface area contributed by atoms with Gasteiger partial charge < -0.3 is 14.7 Å². The van der Waals surface area contributed by atoms with Crippen LogP contribution in [0.15, 0.2) is 0 Å². The summed E-state index contributed by atoms with van der Waals surface area (Å²) < 4.78 is 5.23. The van der Waals surface area contributed by atoms with Crippen LogP contribution in [0.3, 0.4) is 0 Å². The first-order valence-corrected chi connectivity index (χ1v) is 6.05. The molecule has 0 aliphatic carbocycles. The number of rotatable bonds is 3. The van der Waals surface area contributed by atoms with Crippen LogP contribution in [-0.2, 0) is 4.74 Å². The van der Waals surface area contributed by atoms with Gasteiger partial charge in [0.2, 0.25) is 5.82 Å². The number of ether oxygens (including phenoxy) is 1. The zero-order chi connectivity index (χ0) is 13.1. The Balaban J connectivity index is 2.13. The number of nitrogens with zero attached hydrogens (tertiary/aromatic N) is 3. The molecule has 2 N–H and O–H groups in total. The average molecular weight is 254 g/mol. The summed E-state index contributed by atoms with van der Waals surface area (Å²) in [7, 11) is 0. The summed E-state index contributed by atoms with van der Waals surface area (Å²) in [6.07, 6.45) is 0. The lowest BCUT2D eigenvalue weighted by Gasteiger charge is -2.33. The fourth-order valence-corrected chi connectivity index (χ4v) is 1.83. The molecule has 1 unspecified atom stereocenters. The van der Waals surface area contributed by atoms with Crippen LogP contribution in [0.4, 0.5) is 0 Å². The minimum Gasteiger partial charge on any atom is -0.394 e. The van der Waals surface area contributed by atoms with Gasteiger partial charge in [-0.3, -0.25) is 9.89 Å². The van der Waals surface area contributed by atoms with Crippen LogP contribution < -0.4 is 0 Å².